The molecule has 0 aliphatic heterocycles. The molecule has 8 heteroatoms. The number of thiazole rings is 1. The topological polar surface area (TPSA) is 51.8 Å². The second-order valence-corrected chi connectivity index (χ2v) is 8.43. The molecule has 0 aliphatic carbocycles. The molecule has 0 bridgehead atoms. The number of nitrogens with zero attached hydrogens (tertiary/aromatic N) is 3. The largest absolute Gasteiger partial charge is 0.416 e. The third-order valence-electron chi connectivity index (χ3n) is 3.72. The molecule has 2 aromatic heterocycles. The monoisotopic (exact) mass is 449 g/mol. The lowest BCUT2D eigenvalue weighted by molar-refractivity contribution is 0.412. The highest BCUT2D eigenvalue weighted by Crippen LogP contribution is 2.27. The van der Waals surface area contributed by atoms with Crippen LogP contribution < -0.4 is 0 Å². The van der Waals surface area contributed by atoms with Crippen LogP contribution in [0.5, 0.6) is 0 Å². The van der Waals surface area contributed by atoms with Gasteiger partial charge in [-0.2, -0.15) is 0 Å². The van der Waals surface area contributed by atoms with Gasteiger partial charge in [0.05, 0.1) is 19.7 Å². The van der Waals surface area contributed by atoms with E-state index in [1.54, 1.807) is 29.5 Å². The number of benzene rings is 2. The standard InChI is InChI=1S/C18H13BrFN3OS2/c19-12-5-3-4-11(17(12)20)10-25-18-23-22-15(24-18)8-9-16-21-13-6-1-2-7-14(13)26-16/h1-7H,8-10H2. The van der Waals surface area contributed by atoms with Crippen LogP contribution in [0.1, 0.15) is 16.5 Å². The lowest BCUT2D eigenvalue weighted by Gasteiger charge is -2.02. The van der Waals surface area contributed by atoms with Crippen molar-refractivity contribution < 1.29 is 8.81 Å². The van der Waals surface area contributed by atoms with Crippen LogP contribution in [0.15, 0.2) is 56.6 Å². The molecule has 0 atom stereocenters. The summed E-state index contributed by atoms with van der Waals surface area (Å²) in [6, 6.07) is 13.3. The number of hydrogen-bond donors (Lipinski definition) is 0. The maximum atomic E-state index is 14.0. The molecule has 4 nitrogen and oxygen atoms in total. The fourth-order valence-corrected chi connectivity index (χ4v) is 4.57. The van der Waals surface area contributed by atoms with Crippen molar-refractivity contribution >= 4 is 49.2 Å². The average molecular weight is 450 g/mol. The van der Waals surface area contributed by atoms with Gasteiger partial charge in [-0.15, -0.1) is 21.5 Å². The summed E-state index contributed by atoms with van der Waals surface area (Å²) < 4.78 is 21.3. The fourth-order valence-electron chi connectivity index (χ4n) is 2.44. The van der Waals surface area contributed by atoms with E-state index in [0.29, 0.717) is 33.3 Å². The molecule has 4 rings (SSSR count). The van der Waals surface area contributed by atoms with Crippen molar-refractivity contribution in [3.8, 4) is 0 Å². The number of halogens is 2. The number of fused-ring (bicyclic) bond motifs is 1. The molecule has 2 heterocycles. The summed E-state index contributed by atoms with van der Waals surface area (Å²) in [6.45, 7) is 0. The van der Waals surface area contributed by atoms with E-state index >= 15 is 0 Å². The first-order chi connectivity index (χ1) is 12.7. The number of hydrogen-bond acceptors (Lipinski definition) is 6. The highest BCUT2D eigenvalue weighted by Gasteiger charge is 2.11. The van der Waals surface area contributed by atoms with Gasteiger partial charge in [0, 0.05) is 18.6 Å². The minimum atomic E-state index is -0.254. The van der Waals surface area contributed by atoms with E-state index in [0.717, 1.165) is 16.9 Å². The Kier molecular flexibility index (Phi) is 5.33. The molecular weight excluding hydrogens is 437 g/mol. The second-order valence-electron chi connectivity index (χ2n) is 5.54. The van der Waals surface area contributed by atoms with Gasteiger partial charge in [0.1, 0.15) is 5.82 Å². The summed E-state index contributed by atoms with van der Waals surface area (Å²) in [5, 5.41) is 9.61. The molecule has 0 saturated carbocycles. The first kappa shape index (κ1) is 17.6. The Morgan fingerprint density at radius 2 is 1.96 bits per heavy atom. The van der Waals surface area contributed by atoms with Crippen molar-refractivity contribution in [2.45, 2.75) is 23.8 Å². The third kappa shape index (κ3) is 3.97. The van der Waals surface area contributed by atoms with Crippen molar-refractivity contribution in [2.24, 2.45) is 0 Å². The highest BCUT2D eigenvalue weighted by molar-refractivity contribution is 9.10. The van der Waals surface area contributed by atoms with Crippen LogP contribution in [0.2, 0.25) is 0 Å². The van der Waals surface area contributed by atoms with Crippen molar-refractivity contribution in [1.29, 1.82) is 0 Å². The molecule has 4 aromatic rings. The predicted octanol–water partition coefficient (Wildman–Crippen LogP) is 5.66. The zero-order valence-corrected chi connectivity index (χ0v) is 16.7. The zero-order chi connectivity index (χ0) is 17.9. The van der Waals surface area contributed by atoms with E-state index in [1.165, 1.54) is 16.5 Å². The molecule has 0 aliphatic rings. The SMILES string of the molecule is Fc1c(Br)cccc1CSc1nnc(CCc2nc3ccccc3s2)o1. The fraction of sp³-hybridized carbons (Fsp3) is 0.167. The molecule has 0 radical (unpaired) electrons. The van der Waals surface area contributed by atoms with Gasteiger partial charge in [-0.25, -0.2) is 9.37 Å². The van der Waals surface area contributed by atoms with Crippen LogP contribution in [0.25, 0.3) is 10.2 Å². The molecule has 0 fully saturated rings. The predicted molar refractivity (Wildman–Crippen MR) is 105 cm³/mol. The van der Waals surface area contributed by atoms with Gasteiger partial charge in [-0.1, -0.05) is 36.0 Å². The molecule has 0 amide bonds. The Morgan fingerprint density at radius 3 is 2.85 bits per heavy atom. The first-order valence-corrected chi connectivity index (χ1v) is 10.5. The van der Waals surface area contributed by atoms with E-state index in [2.05, 4.69) is 37.2 Å². The maximum absolute atomic E-state index is 14.0. The smallest absolute Gasteiger partial charge is 0.276 e. The van der Waals surface area contributed by atoms with E-state index in [1.807, 2.05) is 18.2 Å². The Labute approximate surface area is 166 Å². The quantitative estimate of drug-likeness (QED) is 0.355. The number of aryl methyl sites for hydroxylation is 2. The van der Waals surface area contributed by atoms with E-state index < -0.39 is 0 Å². The molecule has 0 saturated heterocycles. The van der Waals surface area contributed by atoms with Gasteiger partial charge in [-0.3, -0.25) is 0 Å². The molecule has 26 heavy (non-hydrogen) atoms. The van der Waals surface area contributed by atoms with Crippen LogP contribution in [-0.2, 0) is 18.6 Å². The first-order valence-electron chi connectivity index (χ1n) is 7.91. The molecule has 0 unspecified atom stereocenters. The minimum Gasteiger partial charge on any atom is -0.416 e. The Morgan fingerprint density at radius 1 is 1.08 bits per heavy atom. The van der Waals surface area contributed by atoms with Crippen molar-refractivity contribution in [1.82, 2.24) is 15.2 Å². The van der Waals surface area contributed by atoms with E-state index in [-0.39, 0.29) is 5.82 Å². The number of rotatable bonds is 6. The molecule has 2 aromatic carbocycles. The van der Waals surface area contributed by atoms with E-state index in [4.69, 9.17) is 4.42 Å². The summed E-state index contributed by atoms with van der Waals surface area (Å²) in [5.41, 5.74) is 1.61. The third-order valence-corrected chi connectivity index (χ3v) is 6.30. The number of aromatic nitrogens is 3. The molecule has 0 spiro atoms. The van der Waals surface area contributed by atoms with Crippen LogP contribution in [0.4, 0.5) is 4.39 Å². The highest BCUT2D eigenvalue weighted by atomic mass is 79.9. The Bertz CT molecular complexity index is 1020. The van der Waals surface area contributed by atoms with Gasteiger partial charge in [0.15, 0.2) is 0 Å². The van der Waals surface area contributed by atoms with Gasteiger partial charge in [0.2, 0.25) is 5.89 Å². The van der Waals surface area contributed by atoms with Crippen LogP contribution in [0.3, 0.4) is 0 Å². The lowest BCUT2D eigenvalue weighted by atomic mass is 10.2. The van der Waals surface area contributed by atoms with Crippen molar-refractivity contribution in [3.63, 3.8) is 0 Å². The van der Waals surface area contributed by atoms with Crippen LogP contribution >= 0.6 is 39.0 Å². The Hall–Kier alpha value is -1.77. The second kappa shape index (κ2) is 7.85. The average Bonchev–Trinajstić information content (AvgIpc) is 3.27. The number of thioether (sulfide) groups is 1. The summed E-state index contributed by atoms with van der Waals surface area (Å²) in [5.74, 6) is 0.752. The minimum absolute atomic E-state index is 0.254. The van der Waals surface area contributed by atoms with Crippen molar-refractivity contribution in [2.75, 3.05) is 0 Å². The molecular formula is C18H13BrFN3OS2. The summed E-state index contributed by atoms with van der Waals surface area (Å²) in [6.07, 6.45) is 1.39. The summed E-state index contributed by atoms with van der Waals surface area (Å²) >= 11 is 6.20. The summed E-state index contributed by atoms with van der Waals surface area (Å²) in [4.78, 5) is 4.61. The zero-order valence-electron chi connectivity index (χ0n) is 13.5. The van der Waals surface area contributed by atoms with Crippen LogP contribution in [-0.4, -0.2) is 15.2 Å². The normalized spacial score (nSPS) is 11.3. The van der Waals surface area contributed by atoms with Gasteiger partial charge >= 0.3 is 0 Å². The van der Waals surface area contributed by atoms with Gasteiger partial charge in [0.25, 0.3) is 5.22 Å². The number of para-hydroxylation sites is 1. The van der Waals surface area contributed by atoms with Crippen molar-refractivity contribution in [3.05, 3.63) is 69.2 Å². The van der Waals surface area contributed by atoms with Crippen LogP contribution in [0, 0.1) is 5.82 Å². The van der Waals surface area contributed by atoms with Gasteiger partial charge < -0.3 is 4.42 Å². The Balaban J connectivity index is 1.36. The lowest BCUT2D eigenvalue weighted by Crippen LogP contribution is -1.90. The van der Waals surface area contributed by atoms with E-state index in [9.17, 15) is 4.39 Å². The maximum Gasteiger partial charge on any atom is 0.276 e. The molecule has 0 N–H and O–H groups in total. The van der Waals surface area contributed by atoms with Gasteiger partial charge in [-0.05, 0) is 39.7 Å². The summed E-state index contributed by atoms with van der Waals surface area (Å²) in [7, 11) is 0. The molecule has 132 valence electrons.